The molecule has 2 atom stereocenters. The maximum Gasteiger partial charge on any atom is 0.350 e. The van der Waals surface area contributed by atoms with Gasteiger partial charge in [0.15, 0.2) is 5.65 Å². The lowest BCUT2D eigenvalue weighted by molar-refractivity contribution is -0.119. The molecule has 7 nitrogen and oxygen atoms in total. The quantitative estimate of drug-likeness (QED) is 0.703. The number of carbonyl (C=O) groups is 1. The van der Waals surface area contributed by atoms with E-state index in [1.807, 2.05) is 6.07 Å². The summed E-state index contributed by atoms with van der Waals surface area (Å²) in [6.45, 7) is 0.525. The van der Waals surface area contributed by atoms with Gasteiger partial charge in [-0.25, -0.2) is 9.48 Å². The van der Waals surface area contributed by atoms with Gasteiger partial charge in [-0.3, -0.25) is 9.20 Å². The van der Waals surface area contributed by atoms with Crippen LogP contribution in [0.2, 0.25) is 0 Å². The van der Waals surface area contributed by atoms with Crippen molar-refractivity contribution in [2.24, 2.45) is 5.73 Å². The van der Waals surface area contributed by atoms with Crippen LogP contribution in [-0.4, -0.2) is 32.7 Å². The van der Waals surface area contributed by atoms with Crippen molar-refractivity contribution in [2.75, 3.05) is 6.54 Å². The van der Waals surface area contributed by atoms with E-state index in [0.717, 1.165) is 0 Å². The number of aromatic nitrogens is 3. The van der Waals surface area contributed by atoms with Crippen molar-refractivity contribution in [3.8, 4) is 0 Å². The van der Waals surface area contributed by atoms with Crippen LogP contribution in [0.1, 0.15) is 12.5 Å². The third-order valence-corrected chi connectivity index (χ3v) is 3.25. The monoisotopic (exact) mass is 247 g/mol. The van der Waals surface area contributed by atoms with Gasteiger partial charge in [0.05, 0.1) is 12.1 Å². The van der Waals surface area contributed by atoms with Crippen LogP contribution < -0.4 is 16.7 Å². The highest BCUT2D eigenvalue weighted by Crippen LogP contribution is 2.17. The highest BCUT2D eigenvalue weighted by molar-refractivity contribution is 5.80. The standard InChI is InChI=1S/C11H13N5O2/c12-10(17)8-5-7(6-13-8)16-11(18)15-4-2-1-3-9(15)14-16/h1-4,7-8,13H,5-6H2,(H2,12,17). The largest absolute Gasteiger partial charge is 0.368 e. The molecule has 1 saturated heterocycles. The number of carbonyl (C=O) groups excluding carboxylic acids is 1. The Morgan fingerprint density at radius 3 is 3.00 bits per heavy atom. The van der Waals surface area contributed by atoms with E-state index in [1.165, 1.54) is 9.08 Å². The van der Waals surface area contributed by atoms with Gasteiger partial charge >= 0.3 is 5.69 Å². The van der Waals surface area contributed by atoms with Crippen molar-refractivity contribution in [1.29, 1.82) is 0 Å². The summed E-state index contributed by atoms with van der Waals surface area (Å²) in [5, 5.41) is 7.26. The van der Waals surface area contributed by atoms with Crippen LogP contribution in [0.4, 0.5) is 0 Å². The molecular formula is C11H13N5O2. The minimum Gasteiger partial charge on any atom is -0.368 e. The number of hydrogen-bond acceptors (Lipinski definition) is 4. The van der Waals surface area contributed by atoms with Crippen LogP contribution in [-0.2, 0) is 4.79 Å². The smallest absolute Gasteiger partial charge is 0.350 e. The third kappa shape index (κ3) is 1.60. The average molecular weight is 247 g/mol. The molecule has 3 rings (SSSR count). The average Bonchev–Trinajstić information content (AvgIpc) is 2.95. The van der Waals surface area contributed by atoms with Crippen molar-refractivity contribution < 1.29 is 4.79 Å². The molecule has 0 spiro atoms. The SMILES string of the molecule is NC(=O)C1CC(n2nc3ccccn3c2=O)CN1. The number of nitrogens with one attached hydrogen (secondary N) is 1. The van der Waals surface area contributed by atoms with Crippen LogP contribution >= 0.6 is 0 Å². The lowest BCUT2D eigenvalue weighted by Crippen LogP contribution is -2.36. The zero-order valence-corrected chi connectivity index (χ0v) is 9.61. The topological polar surface area (TPSA) is 94.4 Å². The lowest BCUT2D eigenvalue weighted by atomic mass is 10.2. The number of nitrogens with two attached hydrogens (primary N) is 1. The number of nitrogens with zero attached hydrogens (tertiary/aromatic N) is 3. The zero-order chi connectivity index (χ0) is 12.7. The Labute approximate surface area is 102 Å². The molecule has 1 fully saturated rings. The van der Waals surface area contributed by atoms with Gasteiger partial charge in [-0.1, -0.05) is 6.07 Å². The number of hydrogen-bond donors (Lipinski definition) is 2. The number of amides is 1. The molecule has 0 aromatic carbocycles. The van der Waals surface area contributed by atoms with E-state index in [4.69, 9.17) is 5.73 Å². The fraction of sp³-hybridized carbons (Fsp3) is 0.364. The number of rotatable bonds is 2. The summed E-state index contributed by atoms with van der Waals surface area (Å²) in [4.78, 5) is 23.2. The first-order chi connectivity index (χ1) is 8.66. The van der Waals surface area contributed by atoms with Gasteiger partial charge in [0.2, 0.25) is 5.91 Å². The number of fused-ring (bicyclic) bond motifs is 1. The molecule has 1 aliphatic rings. The van der Waals surface area contributed by atoms with E-state index in [0.29, 0.717) is 18.6 Å². The normalized spacial score (nSPS) is 23.6. The van der Waals surface area contributed by atoms with Crippen molar-refractivity contribution >= 4 is 11.6 Å². The second-order valence-corrected chi connectivity index (χ2v) is 4.41. The highest BCUT2D eigenvalue weighted by Gasteiger charge is 2.30. The molecule has 1 aliphatic heterocycles. The third-order valence-electron chi connectivity index (χ3n) is 3.25. The Morgan fingerprint density at radius 1 is 1.50 bits per heavy atom. The van der Waals surface area contributed by atoms with Gasteiger partial charge in [0.1, 0.15) is 0 Å². The molecule has 0 aliphatic carbocycles. The van der Waals surface area contributed by atoms with Gasteiger partial charge in [-0.05, 0) is 18.6 Å². The van der Waals surface area contributed by atoms with E-state index >= 15 is 0 Å². The van der Waals surface area contributed by atoms with Crippen molar-refractivity contribution in [2.45, 2.75) is 18.5 Å². The molecular weight excluding hydrogens is 234 g/mol. The summed E-state index contributed by atoms with van der Waals surface area (Å²) in [6.07, 6.45) is 2.17. The Balaban J connectivity index is 1.99. The predicted octanol–water partition coefficient (Wildman–Crippen LogP) is -1.12. The summed E-state index contributed by atoms with van der Waals surface area (Å²) >= 11 is 0. The lowest BCUT2D eigenvalue weighted by Gasteiger charge is -2.06. The Bertz CT molecular complexity index is 659. The zero-order valence-electron chi connectivity index (χ0n) is 9.61. The summed E-state index contributed by atoms with van der Waals surface area (Å²) in [5.41, 5.74) is 5.65. The van der Waals surface area contributed by atoms with Crippen molar-refractivity contribution in [1.82, 2.24) is 19.5 Å². The molecule has 3 heterocycles. The first-order valence-electron chi connectivity index (χ1n) is 5.75. The van der Waals surface area contributed by atoms with Crippen LogP contribution in [0, 0.1) is 0 Å². The Kier molecular flexibility index (Phi) is 2.41. The van der Waals surface area contributed by atoms with Crippen LogP contribution in [0.3, 0.4) is 0 Å². The van der Waals surface area contributed by atoms with Crippen molar-refractivity contribution in [3.63, 3.8) is 0 Å². The molecule has 2 aromatic heterocycles. The molecule has 0 radical (unpaired) electrons. The molecule has 0 bridgehead atoms. The van der Waals surface area contributed by atoms with Gasteiger partial charge in [0, 0.05) is 12.7 Å². The number of pyridine rings is 1. The summed E-state index contributed by atoms with van der Waals surface area (Å²) in [5.74, 6) is -0.394. The molecule has 94 valence electrons. The van der Waals surface area contributed by atoms with Crippen LogP contribution in [0.15, 0.2) is 29.2 Å². The second-order valence-electron chi connectivity index (χ2n) is 4.41. The molecule has 1 amide bonds. The highest BCUT2D eigenvalue weighted by atomic mass is 16.2. The van der Waals surface area contributed by atoms with E-state index in [1.54, 1.807) is 18.3 Å². The summed E-state index contributed by atoms with van der Waals surface area (Å²) in [7, 11) is 0. The molecule has 7 heteroatoms. The number of primary amides is 1. The van der Waals surface area contributed by atoms with E-state index < -0.39 is 5.91 Å². The van der Waals surface area contributed by atoms with Gasteiger partial charge in [0.25, 0.3) is 0 Å². The molecule has 0 saturated carbocycles. The fourth-order valence-corrected chi connectivity index (χ4v) is 2.30. The minimum absolute atomic E-state index is 0.130. The van der Waals surface area contributed by atoms with Gasteiger partial charge < -0.3 is 11.1 Å². The molecule has 2 aromatic rings. The second kappa shape index (κ2) is 3.95. The van der Waals surface area contributed by atoms with Gasteiger partial charge in [-0.15, -0.1) is 5.10 Å². The van der Waals surface area contributed by atoms with Crippen LogP contribution in [0.25, 0.3) is 5.65 Å². The summed E-state index contributed by atoms with van der Waals surface area (Å²) < 4.78 is 2.91. The maximum atomic E-state index is 12.1. The first kappa shape index (κ1) is 11.0. The fourth-order valence-electron chi connectivity index (χ4n) is 2.30. The molecule has 18 heavy (non-hydrogen) atoms. The first-order valence-corrected chi connectivity index (χ1v) is 5.75. The van der Waals surface area contributed by atoms with E-state index in [9.17, 15) is 9.59 Å². The van der Waals surface area contributed by atoms with Gasteiger partial charge in [-0.2, -0.15) is 0 Å². The Morgan fingerprint density at radius 2 is 2.33 bits per heavy atom. The van der Waals surface area contributed by atoms with E-state index in [-0.39, 0.29) is 17.8 Å². The van der Waals surface area contributed by atoms with E-state index in [2.05, 4.69) is 10.4 Å². The maximum absolute atomic E-state index is 12.1. The minimum atomic E-state index is -0.394. The van der Waals surface area contributed by atoms with Crippen LogP contribution in [0.5, 0.6) is 0 Å². The predicted molar refractivity (Wildman–Crippen MR) is 64.1 cm³/mol. The van der Waals surface area contributed by atoms with Crippen molar-refractivity contribution in [3.05, 3.63) is 34.9 Å². The molecule has 3 N–H and O–H groups in total. The Hall–Kier alpha value is -2.15. The molecule has 2 unspecified atom stereocenters. The summed E-state index contributed by atoms with van der Waals surface area (Å²) in [6, 6.07) is 4.86.